The topological polar surface area (TPSA) is 55.4 Å². The maximum absolute atomic E-state index is 11.3. The van der Waals surface area contributed by atoms with E-state index in [9.17, 15) is 9.59 Å². The van der Waals surface area contributed by atoms with Crippen LogP contribution in [0.5, 0.6) is 0 Å². The zero-order valence-corrected chi connectivity index (χ0v) is 9.43. The normalized spacial score (nSPS) is 14.3. The lowest BCUT2D eigenvalue weighted by molar-refractivity contribution is -0.146. The molecule has 2 atom stereocenters. The van der Waals surface area contributed by atoms with Gasteiger partial charge in [-0.15, -0.1) is 11.6 Å². The van der Waals surface area contributed by atoms with Crippen LogP contribution in [0.25, 0.3) is 0 Å². The minimum atomic E-state index is -0.601. The number of carbonyl (C=O) groups excluding carboxylic acids is 2. The molecule has 0 heterocycles. The number of methoxy groups -OCH3 is 1. The van der Waals surface area contributed by atoms with E-state index in [0.717, 1.165) is 6.42 Å². The number of amides is 1. The maximum atomic E-state index is 11.3. The number of alkyl halides is 1. The number of hydrogen-bond acceptors (Lipinski definition) is 3. The molecule has 0 aliphatic heterocycles. The first-order valence-electron chi connectivity index (χ1n) is 4.49. The van der Waals surface area contributed by atoms with E-state index in [1.807, 2.05) is 13.8 Å². The molecule has 5 heteroatoms. The summed E-state index contributed by atoms with van der Waals surface area (Å²) in [4.78, 5) is 22.3. The molecule has 0 aromatic heterocycles. The number of esters is 1. The number of ether oxygens (including phenoxy) is 1. The Labute approximate surface area is 88.9 Å². The maximum Gasteiger partial charge on any atom is 0.328 e. The van der Waals surface area contributed by atoms with Crippen molar-refractivity contribution in [3.63, 3.8) is 0 Å². The van der Waals surface area contributed by atoms with Crippen molar-refractivity contribution in [1.29, 1.82) is 0 Å². The van der Waals surface area contributed by atoms with Gasteiger partial charge in [-0.05, 0) is 5.92 Å². The van der Waals surface area contributed by atoms with Gasteiger partial charge in [0.05, 0.1) is 7.11 Å². The van der Waals surface area contributed by atoms with Gasteiger partial charge in [0.15, 0.2) is 0 Å². The Hall–Kier alpha value is -0.770. The largest absolute Gasteiger partial charge is 0.467 e. The summed E-state index contributed by atoms with van der Waals surface area (Å²) in [7, 11) is 1.30. The first kappa shape index (κ1) is 13.2. The summed E-state index contributed by atoms with van der Waals surface area (Å²) in [6.45, 7) is 3.81. The quantitative estimate of drug-likeness (QED) is 0.555. The molecule has 1 amide bonds. The highest BCUT2D eigenvalue weighted by atomic mass is 35.5. The molecule has 0 aromatic rings. The minimum Gasteiger partial charge on any atom is -0.467 e. The standard InChI is InChI=1S/C9H16ClNO3/c1-4-6(2)8(9(13)14-3)11-7(12)5-10/h6,8H,4-5H2,1-3H3,(H,11,12). The smallest absolute Gasteiger partial charge is 0.328 e. The van der Waals surface area contributed by atoms with Crippen LogP contribution in [0.4, 0.5) is 0 Å². The van der Waals surface area contributed by atoms with Gasteiger partial charge < -0.3 is 10.1 Å². The molecule has 14 heavy (non-hydrogen) atoms. The van der Waals surface area contributed by atoms with Gasteiger partial charge in [-0.25, -0.2) is 4.79 Å². The predicted molar refractivity (Wildman–Crippen MR) is 54.1 cm³/mol. The molecule has 4 nitrogen and oxygen atoms in total. The number of nitrogens with one attached hydrogen (secondary N) is 1. The Kier molecular flexibility index (Phi) is 6.28. The van der Waals surface area contributed by atoms with E-state index in [2.05, 4.69) is 10.1 Å². The zero-order valence-electron chi connectivity index (χ0n) is 8.67. The SMILES string of the molecule is CCC(C)C(NC(=O)CCl)C(=O)OC. The second-order valence-corrected chi connectivity index (χ2v) is 3.35. The van der Waals surface area contributed by atoms with Crippen LogP contribution in [0.15, 0.2) is 0 Å². The summed E-state index contributed by atoms with van der Waals surface area (Å²) in [6, 6.07) is -0.601. The van der Waals surface area contributed by atoms with Crippen LogP contribution in [0.2, 0.25) is 0 Å². The van der Waals surface area contributed by atoms with Crippen LogP contribution < -0.4 is 5.32 Å². The van der Waals surface area contributed by atoms with Gasteiger partial charge in [0.2, 0.25) is 5.91 Å². The molecule has 0 aromatic carbocycles. The summed E-state index contributed by atoms with van der Waals surface area (Å²) in [6.07, 6.45) is 0.780. The molecule has 0 bridgehead atoms. The van der Waals surface area contributed by atoms with Crippen molar-refractivity contribution < 1.29 is 14.3 Å². The van der Waals surface area contributed by atoms with Crippen LogP contribution >= 0.6 is 11.6 Å². The van der Waals surface area contributed by atoms with Gasteiger partial charge in [-0.3, -0.25) is 4.79 Å². The monoisotopic (exact) mass is 221 g/mol. The van der Waals surface area contributed by atoms with E-state index >= 15 is 0 Å². The fourth-order valence-corrected chi connectivity index (χ4v) is 1.09. The molecule has 0 aliphatic carbocycles. The summed E-state index contributed by atoms with van der Waals surface area (Å²) >= 11 is 5.33. The van der Waals surface area contributed by atoms with Crippen LogP contribution in [-0.4, -0.2) is 30.9 Å². The molecule has 0 spiro atoms. The highest BCUT2D eigenvalue weighted by Gasteiger charge is 2.25. The average molecular weight is 222 g/mol. The van der Waals surface area contributed by atoms with E-state index in [-0.39, 0.29) is 17.7 Å². The molecule has 0 rings (SSSR count). The third kappa shape index (κ3) is 3.96. The Morgan fingerprint density at radius 2 is 2.07 bits per heavy atom. The van der Waals surface area contributed by atoms with E-state index in [0.29, 0.717) is 0 Å². The summed E-state index contributed by atoms with van der Waals surface area (Å²) in [5, 5.41) is 2.52. The van der Waals surface area contributed by atoms with E-state index in [1.54, 1.807) is 0 Å². The third-order valence-electron chi connectivity index (χ3n) is 2.11. The summed E-state index contributed by atoms with van der Waals surface area (Å²) in [5.41, 5.74) is 0. The average Bonchev–Trinajstić information content (AvgIpc) is 2.23. The minimum absolute atomic E-state index is 0.0367. The fraction of sp³-hybridized carbons (Fsp3) is 0.778. The Bertz CT molecular complexity index is 208. The van der Waals surface area contributed by atoms with Crippen molar-refractivity contribution in [2.45, 2.75) is 26.3 Å². The molecule has 1 N–H and O–H groups in total. The Morgan fingerprint density at radius 1 is 1.50 bits per heavy atom. The van der Waals surface area contributed by atoms with Crippen molar-refractivity contribution in [2.24, 2.45) is 5.92 Å². The molecule has 0 saturated heterocycles. The highest BCUT2D eigenvalue weighted by Crippen LogP contribution is 2.09. The lowest BCUT2D eigenvalue weighted by Gasteiger charge is -2.21. The van der Waals surface area contributed by atoms with Crippen molar-refractivity contribution in [3.8, 4) is 0 Å². The molecule has 0 aliphatic rings. The molecule has 0 radical (unpaired) electrons. The predicted octanol–water partition coefficient (Wildman–Crippen LogP) is 0.929. The first-order chi connectivity index (χ1) is 6.56. The molecular formula is C9H16ClNO3. The van der Waals surface area contributed by atoms with Crippen LogP contribution in [0, 0.1) is 5.92 Å². The molecule has 0 fully saturated rings. The van der Waals surface area contributed by atoms with Crippen molar-refractivity contribution >= 4 is 23.5 Å². The molecule has 82 valence electrons. The number of halogens is 1. The van der Waals surface area contributed by atoms with Crippen LogP contribution in [0.3, 0.4) is 0 Å². The lowest BCUT2D eigenvalue weighted by Crippen LogP contribution is -2.46. The van der Waals surface area contributed by atoms with Gasteiger partial charge in [0, 0.05) is 0 Å². The summed E-state index contributed by atoms with van der Waals surface area (Å²) in [5.74, 6) is -0.904. The number of hydrogen-bond donors (Lipinski definition) is 1. The van der Waals surface area contributed by atoms with Crippen LogP contribution in [0.1, 0.15) is 20.3 Å². The van der Waals surface area contributed by atoms with E-state index in [1.165, 1.54) is 7.11 Å². The number of rotatable bonds is 5. The zero-order chi connectivity index (χ0) is 11.1. The first-order valence-corrected chi connectivity index (χ1v) is 5.03. The van der Waals surface area contributed by atoms with Crippen molar-refractivity contribution in [3.05, 3.63) is 0 Å². The van der Waals surface area contributed by atoms with Crippen molar-refractivity contribution in [2.75, 3.05) is 13.0 Å². The van der Waals surface area contributed by atoms with Gasteiger partial charge in [0.25, 0.3) is 0 Å². The lowest BCUT2D eigenvalue weighted by atomic mass is 9.99. The molecular weight excluding hydrogens is 206 g/mol. The molecule has 2 unspecified atom stereocenters. The van der Waals surface area contributed by atoms with Gasteiger partial charge in [0.1, 0.15) is 11.9 Å². The number of carbonyl (C=O) groups is 2. The van der Waals surface area contributed by atoms with Gasteiger partial charge in [-0.2, -0.15) is 0 Å². The Balaban J connectivity index is 4.39. The van der Waals surface area contributed by atoms with E-state index < -0.39 is 12.0 Å². The molecule has 0 saturated carbocycles. The summed E-state index contributed by atoms with van der Waals surface area (Å²) < 4.78 is 4.58. The second-order valence-electron chi connectivity index (χ2n) is 3.09. The van der Waals surface area contributed by atoms with Gasteiger partial charge >= 0.3 is 5.97 Å². The fourth-order valence-electron chi connectivity index (χ4n) is 1.01. The van der Waals surface area contributed by atoms with Crippen molar-refractivity contribution in [1.82, 2.24) is 5.32 Å². The van der Waals surface area contributed by atoms with E-state index in [4.69, 9.17) is 11.6 Å². The van der Waals surface area contributed by atoms with Gasteiger partial charge in [-0.1, -0.05) is 20.3 Å². The van der Waals surface area contributed by atoms with Crippen LogP contribution in [-0.2, 0) is 14.3 Å². The second kappa shape index (κ2) is 6.65. The third-order valence-corrected chi connectivity index (χ3v) is 2.35. The highest BCUT2D eigenvalue weighted by molar-refractivity contribution is 6.27. The Morgan fingerprint density at radius 3 is 2.43 bits per heavy atom.